The number of anilines is 1. The van der Waals surface area contributed by atoms with Crippen LogP contribution in [0.4, 0.5) is 18.3 Å². The molecule has 4 nitrogen and oxygen atoms in total. The lowest BCUT2D eigenvalue weighted by atomic mass is 9.79. The first kappa shape index (κ1) is 14.5. The molecule has 1 aliphatic rings. The van der Waals surface area contributed by atoms with E-state index >= 15 is 0 Å². The third-order valence-electron chi connectivity index (χ3n) is 3.44. The maximum atomic E-state index is 12.3. The lowest BCUT2D eigenvalue weighted by Crippen LogP contribution is -2.40. The number of aliphatic hydroxyl groups is 1. The summed E-state index contributed by atoms with van der Waals surface area (Å²) < 4.78 is 37.0. The van der Waals surface area contributed by atoms with Crippen LogP contribution in [0, 0.1) is 5.92 Å². The second-order valence-electron chi connectivity index (χ2n) is 5.17. The fraction of sp³-hybridized carbons (Fsp3) is 0.818. The molecule has 2 rings (SSSR count). The van der Waals surface area contributed by atoms with Gasteiger partial charge >= 0.3 is 6.18 Å². The van der Waals surface area contributed by atoms with Crippen molar-refractivity contribution in [3.8, 4) is 0 Å². The highest BCUT2D eigenvalue weighted by Gasteiger charge is 2.36. The number of halogens is 3. The van der Waals surface area contributed by atoms with Crippen molar-refractivity contribution in [2.24, 2.45) is 5.92 Å². The van der Waals surface area contributed by atoms with Crippen molar-refractivity contribution in [3.05, 3.63) is 5.01 Å². The number of aromatic nitrogens is 2. The van der Waals surface area contributed by atoms with Crippen LogP contribution < -0.4 is 5.32 Å². The van der Waals surface area contributed by atoms with Gasteiger partial charge in [-0.2, -0.15) is 13.2 Å². The van der Waals surface area contributed by atoms with Gasteiger partial charge in [0.15, 0.2) is 0 Å². The number of nitrogens with one attached hydrogen (secondary N) is 1. The highest BCUT2D eigenvalue weighted by molar-refractivity contribution is 7.15. The number of alkyl halides is 3. The van der Waals surface area contributed by atoms with Crippen molar-refractivity contribution in [2.75, 3.05) is 11.9 Å². The fourth-order valence-electron chi connectivity index (χ4n) is 2.13. The second-order valence-corrected chi connectivity index (χ2v) is 6.15. The molecule has 2 N–H and O–H groups in total. The van der Waals surface area contributed by atoms with Gasteiger partial charge in [0.25, 0.3) is 0 Å². The molecule has 0 saturated heterocycles. The summed E-state index contributed by atoms with van der Waals surface area (Å²) >= 11 is 0.458. The Labute approximate surface area is 113 Å². The summed E-state index contributed by atoms with van der Waals surface area (Å²) in [6.07, 6.45) is -1.28. The average Bonchev–Trinajstić information content (AvgIpc) is 2.80. The minimum absolute atomic E-state index is 0.0966. The van der Waals surface area contributed by atoms with Crippen LogP contribution in [0.1, 0.15) is 37.6 Å². The van der Waals surface area contributed by atoms with Crippen molar-refractivity contribution in [1.82, 2.24) is 10.2 Å². The zero-order chi connectivity index (χ0) is 14.1. The molecule has 108 valence electrons. The number of hydrogen-bond acceptors (Lipinski definition) is 5. The Hall–Kier alpha value is -0.890. The van der Waals surface area contributed by atoms with E-state index in [0.29, 0.717) is 30.1 Å². The zero-order valence-corrected chi connectivity index (χ0v) is 11.3. The summed E-state index contributed by atoms with van der Waals surface area (Å²) in [5.41, 5.74) is -0.851. The van der Waals surface area contributed by atoms with Crippen LogP contribution in [0.5, 0.6) is 0 Å². The molecule has 0 unspecified atom stereocenters. The molecule has 0 aromatic carbocycles. The minimum Gasteiger partial charge on any atom is -0.388 e. The Morgan fingerprint density at radius 3 is 2.53 bits per heavy atom. The highest BCUT2D eigenvalue weighted by atomic mass is 32.1. The Bertz CT molecular complexity index is 427. The summed E-state index contributed by atoms with van der Waals surface area (Å²) in [6, 6.07) is 0. The number of rotatable bonds is 3. The largest absolute Gasteiger partial charge is 0.445 e. The molecule has 19 heavy (non-hydrogen) atoms. The third kappa shape index (κ3) is 3.79. The summed E-state index contributed by atoms with van der Waals surface area (Å²) in [7, 11) is 0. The Morgan fingerprint density at radius 1 is 1.37 bits per heavy atom. The third-order valence-corrected chi connectivity index (χ3v) is 4.37. The van der Waals surface area contributed by atoms with Gasteiger partial charge in [0.05, 0.1) is 5.60 Å². The summed E-state index contributed by atoms with van der Waals surface area (Å²) in [4.78, 5) is 0. The smallest absolute Gasteiger partial charge is 0.388 e. The van der Waals surface area contributed by atoms with Crippen LogP contribution in [0.25, 0.3) is 0 Å². The molecule has 1 saturated carbocycles. The first-order chi connectivity index (χ1) is 8.78. The predicted molar refractivity (Wildman–Crippen MR) is 66.0 cm³/mol. The molecular formula is C11H16F3N3OS. The van der Waals surface area contributed by atoms with Crippen molar-refractivity contribution >= 4 is 16.5 Å². The van der Waals surface area contributed by atoms with Gasteiger partial charge in [-0.1, -0.05) is 18.3 Å². The van der Waals surface area contributed by atoms with Gasteiger partial charge in [0.2, 0.25) is 10.1 Å². The van der Waals surface area contributed by atoms with Gasteiger partial charge in [-0.3, -0.25) is 0 Å². The van der Waals surface area contributed by atoms with Crippen molar-refractivity contribution in [3.63, 3.8) is 0 Å². The number of nitrogens with zero attached hydrogens (tertiary/aromatic N) is 2. The fourth-order valence-corrected chi connectivity index (χ4v) is 2.73. The molecule has 1 aromatic heterocycles. The highest BCUT2D eigenvalue weighted by Crippen LogP contribution is 2.34. The lowest BCUT2D eigenvalue weighted by molar-refractivity contribution is -0.138. The van der Waals surface area contributed by atoms with Gasteiger partial charge in [0, 0.05) is 6.54 Å². The standard InChI is InChI=1S/C11H16F3N3OS/c1-7-2-4-10(18,5-3-7)6-15-9-17-16-8(19-9)11(12,13)14/h7,18H,2-6H2,1H3,(H,15,17). The van der Waals surface area contributed by atoms with E-state index in [2.05, 4.69) is 22.4 Å². The molecule has 1 fully saturated rings. The molecule has 0 radical (unpaired) electrons. The van der Waals surface area contributed by atoms with Crippen LogP contribution in [0.2, 0.25) is 0 Å². The molecule has 0 atom stereocenters. The van der Waals surface area contributed by atoms with Crippen LogP contribution in [-0.4, -0.2) is 27.4 Å². The van der Waals surface area contributed by atoms with E-state index < -0.39 is 16.8 Å². The van der Waals surface area contributed by atoms with E-state index in [4.69, 9.17) is 0 Å². The predicted octanol–water partition coefficient (Wildman–Crippen LogP) is 2.91. The second kappa shape index (κ2) is 5.24. The van der Waals surface area contributed by atoms with E-state index in [-0.39, 0.29) is 11.7 Å². The molecule has 0 spiro atoms. The van der Waals surface area contributed by atoms with Crippen molar-refractivity contribution in [1.29, 1.82) is 0 Å². The molecule has 0 aliphatic heterocycles. The first-order valence-electron chi connectivity index (χ1n) is 6.15. The summed E-state index contributed by atoms with van der Waals surface area (Å²) in [6.45, 7) is 2.35. The van der Waals surface area contributed by atoms with E-state index in [9.17, 15) is 18.3 Å². The van der Waals surface area contributed by atoms with Gasteiger partial charge in [-0.05, 0) is 31.6 Å². The van der Waals surface area contributed by atoms with E-state index in [1.807, 2.05) is 0 Å². The van der Waals surface area contributed by atoms with Gasteiger partial charge < -0.3 is 10.4 Å². The molecule has 0 bridgehead atoms. The van der Waals surface area contributed by atoms with Crippen LogP contribution in [-0.2, 0) is 6.18 Å². The van der Waals surface area contributed by atoms with Crippen LogP contribution >= 0.6 is 11.3 Å². The Balaban J connectivity index is 1.90. The average molecular weight is 295 g/mol. The van der Waals surface area contributed by atoms with Crippen LogP contribution in [0.15, 0.2) is 0 Å². The van der Waals surface area contributed by atoms with Crippen LogP contribution in [0.3, 0.4) is 0 Å². The van der Waals surface area contributed by atoms with E-state index in [0.717, 1.165) is 12.8 Å². The van der Waals surface area contributed by atoms with Gasteiger partial charge in [-0.15, -0.1) is 10.2 Å². The normalized spacial score (nSPS) is 28.4. The minimum atomic E-state index is -4.46. The summed E-state index contributed by atoms with van der Waals surface area (Å²) in [5.74, 6) is 0.596. The molecule has 1 aliphatic carbocycles. The Kier molecular flexibility index (Phi) is 4.00. The van der Waals surface area contributed by atoms with Gasteiger partial charge in [-0.25, -0.2) is 0 Å². The molecular weight excluding hydrogens is 279 g/mol. The van der Waals surface area contributed by atoms with Gasteiger partial charge in [0.1, 0.15) is 0 Å². The van der Waals surface area contributed by atoms with E-state index in [1.54, 1.807) is 0 Å². The topological polar surface area (TPSA) is 58.0 Å². The first-order valence-corrected chi connectivity index (χ1v) is 6.97. The maximum Gasteiger partial charge on any atom is 0.445 e. The quantitative estimate of drug-likeness (QED) is 0.900. The molecule has 0 amide bonds. The molecule has 8 heteroatoms. The van der Waals surface area contributed by atoms with E-state index in [1.165, 1.54) is 0 Å². The SMILES string of the molecule is CC1CCC(O)(CNc2nnc(C(F)(F)F)s2)CC1. The van der Waals surface area contributed by atoms with Crippen molar-refractivity contribution in [2.45, 2.75) is 44.4 Å². The molecule has 1 heterocycles. The summed E-state index contributed by atoms with van der Waals surface area (Å²) in [5, 5.41) is 18.7. The number of hydrogen-bond donors (Lipinski definition) is 2. The maximum absolute atomic E-state index is 12.3. The lowest BCUT2D eigenvalue weighted by Gasteiger charge is -2.34. The Morgan fingerprint density at radius 2 is 2.00 bits per heavy atom. The zero-order valence-electron chi connectivity index (χ0n) is 10.5. The van der Waals surface area contributed by atoms with Crippen molar-refractivity contribution < 1.29 is 18.3 Å². The molecule has 1 aromatic rings. The monoisotopic (exact) mass is 295 g/mol.